The molecule has 3 N–H and O–H groups in total. The second kappa shape index (κ2) is 6.38. The zero-order chi connectivity index (χ0) is 15.3. The van der Waals surface area contributed by atoms with Crippen LogP contribution in [0.5, 0.6) is 0 Å². The van der Waals surface area contributed by atoms with Gasteiger partial charge in [0.2, 0.25) is 0 Å². The summed E-state index contributed by atoms with van der Waals surface area (Å²) >= 11 is 0. The van der Waals surface area contributed by atoms with Crippen LogP contribution in [0.2, 0.25) is 0 Å². The molecule has 1 rings (SSSR count). The third-order valence-electron chi connectivity index (χ3n) is 2.40. The van der Waals surface area contributed by atoms with Crippen molar-refractivity contribution in [3.63, 3.8) is 0 Å². The molecule has 110 valence electrons. The van der Waals surface area contributed by atoms with E-state index in [2.05, 4.69) is 5.32 Å². The Morgan fingerprint density at radius 2 is 1.75 bits per heavy atom. The van der Waals surface area contributed by atoms with Crippen LogP contribution < -0.4 is 5.32 Å². The largest absolute Gasteiger partial charge is 0.479 e. The van der Waals surface area contributed by atoms with Gasteiger partial charge in [0.15, 0.2) is 6.10 Å². The molecule has 6 nitrogen and oxygen atoms in total. The molecule has 0 spiro atoms. The minimum absolute atomic E-state index is 0.480. The summed E-state index contributed by atoms with van der Waals surface area (Å²) in [4.78, 5) is 22.7. The van der Waals surface area contributed by atoms with Crippen LogP contribution in [-0.2, 0) is 9.53 Å². The molecule has 1 aromatic carbocycles. The number of carboxylic acid groups (broad SMARTS) is 1. The number of nitrogens with one attached hydrogen (secondary N) is 1. The Labute approximate surface area is 117 Å². The Bertz CT molecular complexity index is 466. The van der Waals surface area contributed by atoms with E-state index in [0.717, 1.165) is 0 Å². The monoisotopic (exact) mass is 281 g/mol. The van der Waals surface area contributed by atoms with E-state index in [1.165, 1.54) is 0 Å². The first-order valence-corrected chi connectivity index (χ1v) is 6.16. The Kier molecular flexibility index (Phi) is 5.10. The van der Waals surface area contributed by atoms with Crippen molar-refractivity contribution in [1.82, 2.24) is 5.32 Å². The van der Waals surface area contributed by atoms with Crippen molar-refractivity contribution in [2.75, 3.05) is 0 Å². The van der Waals surface area contributed by atoms with Crippen LogP contribution in [0.3, 0.4) is 0 Å². The van der Waals surface area contributed by atoms with E-state index < -0.39 is 29.8 Å². The molecule has 0 heterocycles. The number of carbonyl (C=O) groups excluding carboxylic acids is 1. The average Bonchev–Trinajstić information content (AvgIpc) is 2.34. The maximum absolute atomic E-state index is 11.7. The van der Waals surface area contributed by atoms with E-state index in [0.29, 0.717) is 5.56 Å². The SMILES string of the molecule is CC(C)(C)OC(=O)N[C@H](c1ccccc1)[C@@H](O)C(=O)O. The minimum Gasteiger partial charge on any atom is -0.479 e. The third kappa shape index (κ3) is 4.89. The van der Waals surface area contributed by atoms with Crippen molar-refractivity contribution in [3.05, 3.63) is 35.9 Å². The number of hydrogen-bond acceptors (Lipinski definition) is 4. The molecule has 6 heteroatoms. The van der Waals surface area contributed by atoms with Crippen molar-refractivity contribution in [2.24, 2.45) is 0 Å². The van der Waals surface area contributed by atoms with Crippen LogP contribution in [0.15, 0.2) is 30.3 Å². The Morgan fingerprint density at radius 1 is 1.20 bits per heavy atom. The van der Waals surface area contributed by atoms with Crippen molar-refractivity contribution in [3.8, 4) is 0 Å². The first kappa shape index (κ1) is 16.0. The van der Waals surface area contributed by atoms with E-state index in [-0.39, 0.29) is 0 Å². The first-order chi connectivity index (χ1) is 9.20. The molecule has 0 radical (unpaired) electrons. The van der Waals surface area contributed by atoms with Crippen LogP contribution in [-0.4, -0.2) is 34.0 Å². The number of carbonyl (C=O) groups is 2. The van der Waals surface area contributed by atoms with Gasteiger partial charge in [0.1, 0.15) is 5.60 Å². The molecule has 0 aromatic heterocycles. The summed E-state index contributed by atoms with van der Waals surface area (Å²) in [5, 5.41) is 21.0. The fourth-order valence-electron chi connectivity index (χ4n) is 1.58. The van der Waals surface area contributed by atoms with Gasteiger partial charge in [-0.05, 0) is 26.3 Å². The maximum atomic E-state index is 11.7. The molecule has 0 bridgehead atoms. The van der Waals surface area contributed by atoms with E-state index in [1.54, 1.807) is 51.1 Å². The number of aliphatic hydroxyl groups excluding tert-OH is 1. The lowest BCUT2D eigenvalue weighted by molar-refractivity contribution is -0.148. The van der Waals surface area contributed by atoms with Gasteiger partial charge in [-0.2, -0.15) is 0 Å². The van der Waals surface area contributed by atoms with E-state index in [4.69, 9.17) is 9.84 Å². The molecular weight excluding hydrogens is 262 g/mol. The number of hydrogen-bond donors (Lipinski definition) is 3. The number of ether oxygens (including phenoxy) is 1. The quantitative estimate of drug-likeness (QED) is 0.780. The molecule has 0 aliphatic rings. The normalized spacial score (nSPS) is 14.2. The Hall–Kier alpha value is -2.08. The van der Waals surface area contributed by atoms with E-state index in [1.807, 2.05) is 0 Å². The number of aliphatic hydroxyl groups is 1. The molecule has 0 aliphatic carbocycles. The van der Waals surface area contributed by atoms with Crippen LogP contribution in [0.4, 0.5) is 4.79 Å². The fraction of sp³-hybridized carbons (Fsp3) is 0.429. The fourth-order valence-corrected chi connectivity index (χ4v) is 1.58. The zero-order valence-electron chi connectivity index (χ0n) is 11.7. The lowest BCUT2D eigenvalue weighted by atomic mass is 10.0. The van der Waals surface area contributed by atoms with Gasteiger partial charge < -0.3 is 20.3 Å². The molecule has 1 aromatic rings. The second-order valence-corrected chi connectivity index (χ2v) is 5.32. The number of aliphatic carboxylic acids is 1. The molecule has 20 heavy (non-hydrogen) atoms. The number of rotatable bonds is 4. The Balaban J connectivity index is 2.90. The third-order valence-corrected chi connectivity index (χ3v) is 2.40. The predicted octanol–water partition coefficient (Wildman–Crippen LogP) is 1.70. The molecule has 0 fully saturated rings. The van der Waals surface area contributed by atoms with Gasteiger partial charge in [0.05, 0.1) is 6.04 Å². The van der Waals surface area contributed by atoms with Crippen LogP contribution in [0.25, 0.3) is 0 Å². The maximum Gasteiger partial charge on any atom is 0.408 e. The second-order valence-electron chi connectivity index (χ2n) is 5.32. The molecule has 0 saturated heterocycles. The van der Waals surface area contributed by atoms with E-state index in [9.17, 15) is 14.7 Å². The van der Waals surface area contributed by atoms with Gasteiger partial charge in [-0.3, -0.25) is 0 Å². The number of amides is 1. The molecule has 0 saturated carbocycles. The highest BCUT2D eigenvalue weighted by atomic mass is 16.6. The summed E-state index contributed by atoms with van der Waals surface area (Å²) in [7, 11) is 0. The molecule has 1 amide bonds. The van der Waals surface area contributed by atoms with Crippen molar-refractivity contribution in [1.29, 1.82) is 0 Å². The van der Waals surface area contributed by atoms with Gasteiger partial charge in [-0.15, -0.1) is 0 Å². The minimum atomic E-state index is -1.76. The van der Waals surface area contributed by atoms with Crippen LogP contribution in [0.1, 0.15) is 32.4 Å². The predicted molar refractivity (Wildman–Crippen MR) is 72.2 cm³/mol. The van der Waals surface area contributed by atoms with Gasteiger partial charge in [-0.25, -0.2) is 9.59 Å². The van der Waals surface area contributed by atoms with Crippen molar-refractivity contribution < 1.29 is 24.5 Å². The van der Waals surface area contributed by atoms with Gasteiger partial charge in [0, 0.05) is 0 Å². The first-order valence-electron chi connectivity index (χ1n) is 6.16. The zero-order valence-corrected chi connectivity index (χ0v) is 11.7. The standard InChI is InChI=1S/C14H19NO5/c1-14(2,3)20-13(19)15-10(11(16)12(17)18)9-7-5-4-6-8-9/h4-8,10-11,16H,1-3H3,(H,15,19)(H,17,18)/t10-,11-/m1/s1. The highest BCUT2D eigenvalue weighted by Crippen LogP contribution is 2.18. The van der Waals surface area contributed by atoms with Gasteiger partial charge in [-0.1, -0.05) is 30.3 Å². The van der Waals surface area contributed by atoms with Crippen molar-refractivity contribution >= 4 is 12.1 Å². The average molecular weight is 281 g/mol. The molecule has 0 aliphatic heterocycles. The lowest BCUT2D eigenvalue weighted by Gasteiger charge is -2.25. The summed E-state index contributed by atoms with van der Waals surface area (Å²) in [6.07, 6.45) is -2.54. The van der Waals surface area contributed by atoms with E-state index >= 15 is 0 Å². The summed E-state index contributed by atoms with van der Waals surface area (Å²) < 4.78 is 5.07. The highest BCUT2D eigenvalue weighted by molar-refractivity contribution is 5.75. The van der Waals surface area contributed by atoms with Crippen molar-refractivity contribution in [2.45, 2.75) is 38.5 Å². The highest BCUT2D eigenvalue weighted by Gasteiger charge is 2.30. The summed E-state index contributed by atoms with van der Waals surface area (Å²) in [5.41, 5.74) is -0.229. The van der Waals surface area contributed by atoms with Crippen LogP contribution >= 0.6 is 0 Å². The molecular formula is C14H19NO5. The lowest BCUT2D eigenvalue weighted by Crippen LogP contribution is -2.42. The molecule has 2 atom stereocenters. The number of carboxylic acids is 1. The van der Waals surface area contributed by atoms with Gasteiger partial charge in [0.25, 0.3) is 0 Å². The Morgan fingerprint density at radius 3 is 2.20 bits per heavy atom. The number of alkyl carbamates (subject to hydrolysis) is 1. The summed E-state index contributed by atoms with van der Waals surface area (Å²) in [5.74, 6) is -1.42. The number of benzene rings is 1. The van der Waals surface area contributed by atoms with Gasteiger partial charge >= 0.3 is 12.1 Å². The summed E-state index contributed by atoms with van der Waals surface area (Å²) in [6, 6.07) is 7.29. The smallest absolute Gasteiger partial charge is 0.408 e. The molecule has 0 unspecified atom stereocenters. The van der Waals surface area contributed by atoms with Crippen LogP contribution in [0, 0.1) is 0 Å². The topological polar surface area (TPSA) is 95.9 Å². The summed E-state index contributed by atoms with van der Waals surface area (Å²) in [6.45, 7) is 5.08.